The highest BCUT2D eigenvalue weighted by molar-refractivity contribution is 7.15. The maximum absolute atomic E-state index is 6.11. The first-order valence-corrected chi connectivity index (χ1v) is 7.53. The lowest BCUT2D eigenvalue weighted by Gasteiger charge is -2.10. The molecule has 0 aliphatic rings. The molecule has 22 heavy (non-hydrogen) atoms. The summed E-state index contributed by atoms with van der Waals surface area (Å²) in [4.78, 5) is 13.9. The molecule has 0 fully saturated rings. The molecule has 3 aromatic heterocycles. The summed E-state index contributed by atoms with van der Waals surface area (Å²) < 4.78 is 5.27. The van der Waals surface area contributed by atoms with Gasteiger partial charge in [0.1, 0.15) is 17.8 Å². The number of hydrogen-bond acceptors (Lipinski definition) is 8. The quantitative estimate of drug-likeness (QED) is 0.664. The highest BCUT2D eigenvalue weighted by Crippen LogP contribution is 2.29. The maximum atomic E-state index is 6.11. The largest absolute Gasteiger partial charge is 0.467 e. The minimum Gasteiger partial charge on any atom is -0.467 e. The number of nitrogens with one attached hydrogen (secondary N) is 2. The zero-order valence-corrected chi connectivity index (χ0v) is 13.1. The molecule has 0 aliphatic heterocycles. The fourth-order valence-corrected chi connectivity index (χ4v) is 2.66. The summed E-state index contributed by atoms with van der Waals surface area (Å²) in [5.74, 6) is 1.89. The lowest BCUT2D eigenvalue weighted by Crippen LogP contribution is -2.07. The predicted octanol–water partition coefficient (Wildman–Crippen LogP) is 3.08. The number of anilines is 4. The molecule has 3 heterocycles. The Bertz CT molecular complexity index is 748. The van der Waals surface area contributed by atoms with Gasteiger partial charge in [0.2, 0.25) is 0 Å². The van der Waals surface area contributed by atoms with Gasteiger partial charge in [0, 0.05) is 4.88 Å². The fourth-order valence-electron chi connectivity index (χ4n) is 1.85. The number of nitrogens with two attached hydrogens (primary N) is 1. The summed E-state index contributed by atoms with van der Waals surface area (Å²) >= 11 is 1.56. The zero-order valence-electron chi connectivity index (χ0n) is 12.3. The molecule has 4 N–H and O–H groups in total. The zero-order chi connectivity index (χ0) is 15.5. The van der Waals surface area contributed by atoms with Crippen LogP contribution in [0.2, 0.25) is 0 Å². The van der Waals surface area contributed by atoms with Crippen molar-refractivity contribution >= 4 is 33.8 Å². The van der Waals surface area contributed by atoms with Gasteiger partial charge in [-0.15, -0.1) is 11.3 Å². The number of hydrogen-bond donors (Lipinski definition) is 3. The molecule has 0 saturated carbocycles. The van der Waals surface area contributed by atoms with Crippen molar-refractivity contribution in [2.75, 3.05) is 16.4 Å². The van der Waals surface area contributed by atoms with Crippen molar-refractivity contribution in [3.63, 3.8) is 0 Å². The van der Waals surface area contributed by atoms with E-state index in [1.807, 2.05) is 26.0 Å². The lowest BCUT2D eigenvalue weighted by molar-refractivity contribution is 0.518. The molecule has 0 atom stereocenters. The van der Waals surface area contributed by atoms with Crippen LogP contribution in [-0.2, 0) is 6.54 Å². The molecule has 114 valence electrons. The number of rotatable bonds is 5. The lowest BCUT2D eigenvalue weighted by atomic mass is 10.4. The summed E-state index contributed by atoms with van der Waals surface area (Å²) in [6.07, 6.45) is 3.08. The first-order valence-electron chi connectivity index (χ1n) is 6.71. The van der Waals surface area contributed by atoms with Crippen LogP contribution in [0.5, 0.6) is 0 Å². The first-order chi connectivity index (χ1) is 10.6. The van der Waals surface area contributed by atoms with Crippen molar-refractivity contribution < 1.29 is 4.42 Å². The summed E-state index contributed by atoms with van der Waals surface area (Å²) in [6, 6.07) is 3.71. The smallest absolute Gasteiger partial charge is 0.188 e. The van der Waals surface area contributed by atoms with Crippen LogP contribution in [0.25, 0.3) is 0 Å². The van der Waals surface area contributed by atoms with Crippen LogP contribution in [0, 0.1) is 13.8 Å². The molecule has 7 nitrogen and oxygen atoms in total. The third-order valence-electron chi connectivity index (χ3n) is 3.15. The van der Waals surface area contributed by atoms with Crippen LogP contribution in [0.4, 0.5) is 22.5 Å². The van der Waals surface area contributed by atoms with Crippen LogP contribution in [0.3, 0.4) is 0 Å². The topological polar surface area (TPSA) is 102 Å². The van der Waals surface area contributed by atoms with Gasteiger partial charge in [-0.1, -0.05) is 0 Å². The van der Waals surface area contributed by atoms with Gasteiger partial charge in [0.05, 0.1) is 18.5 Å². The van der Waals surface area contributed by atoms with Crippen molar-refractivity contribution in [3.8, 4) is 0 Å². The van der Waals surface area contributed by atoms with Gasteiger partial charge in [-0.05, 0) is 26.0 Å². The van der Waals surface area contributed by atoms with Gasteiger partial charge in [0.25, 0.3) is 0 Å². The Labute approximate surface area is 131 Å². The molecule has 3 aromatic rings. The standard InChI is InChI=1S/C14H16N6OS/c1-8-9(2)22-14(19-8)20-13-11(15)12(17-7-18-13)16-6-10-4-3-5-21-10/h3-5,7H,6,15H2,1-2H3,(H2,16,17,18,19,20). The molecule has 0 aromatic carbocycles. The third kappa shape index (κ3) is 3.01. The summed E-state index contributed by atoms with van der Waals surface area (Å²) in [5, 5.41) is 7.03. The van der Waals surface area contributed by atoms with E-state index in [0.717, 1.165) is 21.5 Å². The molecule has 0 spiro atoms. The van der Waals surface area contributed by atoms with Crippen LogP contribution < -0.4 is 16.4 Å². The van der Waals surface area contributed by atoms with E-state index in [1.54, 1.807) is 17.6 Å². The Morgan fingerprint density at radius 3 is 2.77 bits per heavy atom. The molecular weight excluding hydrogens is 300 g/mol. The van der Waals surface area contributed by atoms with Gasteiger partial charge in [-0.2, -0.15) is 0 Å². The number of aromatic nitrogens is 3. The minimum atomic E-state index is 0.444. The van der Waals surface area contributed by atoms with E-state index in [0.29, 0.717) is 23.9 Å². The van der Waals surface area contributed by atoms with Crippen molar-refractivity contribution in [2.45, 2.75) is 20.4 Å². The number of aryl methyl sites for hydroxylation is 2. The number of furan rings is 1. The molecular formula is C14H16N6OS. The molecule has 0 aliphatic carbocycles. The molecule has 0 radical (unpaired) electrons. The van der Waals surface area contributed by atoms with Crippen LogP contribution in [0.1, 0.15) is 16.3 Å². The average molecular weight is 316 g/mol. The molecule has 0 bridgehead atoms. The van der Waals surface area contributed by atoms with E-state index in [9.17, 15) is 0 Å². The first kappa shape index (κ1) is 14.3. The second-order valence-corrected chi connectivity index (χ2v) is 5.91. The second kappa shape index (κ2) is 6.02. The minimum absolute atomic E-state index is 0.444. The van der Waals surface area contributed by atoms with Gasteiger partial charge in [0.15, 0.2) is 16.8 Å². The molecule has 3 rings (SSSR count). The van der Waals surface area contributed by atoms with Gasteiger partial charge in [-0.25, -0.2) is 15.0 Å². The summed E-state index contributed by atoms with van der Waals surface area (Å²) in [7, 11) is 0. The molecule has 0 unspecified atom stereocenters. The van der Waals surface area contributed by atoms with E-state index < -0.39 is 0 Å². The molecule has 8 heteroatoms. The Kier molecular flexibility index (Phi) is 3.92. The normalized spacial score (nSPS) is 10.6. The third-order valence-corrected chi connectivity index (χ3v) is 4.14. The van der Waals surface area contributed by atoms with Gasteiger partial charge >= 0.3 is 0 Å². The van der Waals surface area contributed by atoms with Gasteiger partial charge < -0.3 is 20.8 Å². The Morgan fingerprint density at radius 2 is 2.09 bits per heavy atom. The van der Waals surface area contributed by atoms with Crippen LogP contribution in [-0.4, -0.2) is 15.0 Å². The van der Waals surface area contributed by atoms with E-state index in [-0.39, 0.29) is 0 Å². The van der Waals surface area contributed by atoms with E-state index in [1.165, 1.54) is 6.33 Å². The van der Waals surface area contributed by atoms with E-state index in [2.05, 4.69) is 25.6 Å². The Balaban J connectivity index is 1.76. The highest BCUT2D eigenvalue weighted by atomic mass is 32.1. The Hall–Kier alpha value is -2.61. The highest BCUT2D eigenvalue weighted by Gasteiger charge is 2.11. The van der Waals surface area contributed by atoms with Gasteiger partial charge in [-0.3, -0.25) is 0 Å². The summed E-state index contributed by atoms with van der Waals surface area (Å²) in [6.45, 7) is 4.50. The average Bonchev–Trinajstić information content (AvgIpc) is 3.11. The van der Waals surface area contributed by atoms with Crippen molar-refractivity contribution in [1.82, 2.24) is 15.0 Å². The van der Waals surface area contributed by atoms with Crippen molar-refractivity contribution in [3.05, 3.63) is 41.1 Å². The fraction of sp³-hybridized carbons (Fsp3) is 0.214. The second-order valence-electron chi connectivity index (χ2n) is 4.70. The number of nitrogen functional groups attached to an aromatic ring is 1. The van der Waals surface area contributed by atoms with Crippen LogP contribution in [0.15, 0.2) is 29.1 Å². The number of nitrogens with zero attached hydrogens (tertiary/aromatic N) is 3. The van der Waals surface area contributed by atoms with E-state index in [4.69, 9.17) is 10.2 Å². The van der Waals surface area contributed by atoms with Crippen molar-refractivity contribution in [2.24, 2.45) is 0 Å². The maximum Gasteiger partial charge on any atom is 0.188 e. The monoisotopic (exact) mass is 316 g/mol. The number of thiazole rings is 1. The van der Waals surface area contributed by atoms with E-state index >= 15 is 0 Å². The van der Waals surface area contributed by atoms with Crippen LogP contribution >= 0.6 is 11.3 Å². The molecule has 0 saturated heterocycles. The predicted molar refractivity (Wildman–Crippen MR) is 87.3 cm³/mol. The Morgan fingerprint density at radius 1 is 1.27 bits per heavy atom. The summed E-state index contributed by atoms with van der Waals surface area (Å²) in [5.41, 5.74) is 7.55. The SMILES string of the molecule is Cc1nc(Nc2ncnc(NCc3ccco3)c2N)sc1C. The van der Waals surface area contributed by atoms with Crippen molar-refractivity contribution in [1.29, 1.82) is 0 Å². The molecule has 0 amide bonds.